The minimum absolute atomic E-state index is 0.0593. The average molecular weight is 488 g/mol. The van der Waals surface area contributed by atoms with Crippen LogP contribution in [0.5, 0.6) is 5.75 Å². The summed E-state index contributed by atoms with van der Waals surface area (Å²) in [4.78, 5) is 2.66. The van der Waals surface area contributed by atoms with E-state index in [9.17, 15) is 0 Å². The van der Waals surface area contributed by atoms with E-state index in [4.69, 9.17) is 14.2 Å². The molecule has 0 N–H and O–H groups in total. The first-order valence-corrected chi connectivity index (χ1v) is 13.5. The number of fused-ring (bicyclic) bond motifs is 1. The number of allylic oxidation sites excluding steroid dienone is 2. The minimum atomic E-state index is -0.0896. The van der Waals surface area contributed by atoms with Gasteiger partial charge in [-0.3, -0.25) is 4.90 Å². The van der Waals surface area contributed by atoms with E-state index >= 15 is 0 Å². The van der Waals surface area contributed by atoms with E-state index < -0.39 is 0 Å². The van der Waals surface area contributed by atoms with Gasteiger partial charge in [0.05, 0.1) is 7.11 Å². The molecule has 0 aromatic heterocycles. The van der Waals surface area contributed by atoms with Gasteiger partial charge in [-0.05, 0) is 92.4 Å². The fraction of sp³-hybridized carbons (Fsp3) is 0.500. The van der Waals surface area contributed by atoms with Crippen molar-refractivity contribution in [3.8, 4) is 5.75 Å². The van der Waals surface area contributed by atoms with Crippen molar-refractivity contribution in [2.45, 2.75) is 62.7 Å². The quantitative estimate of drug-likeness (QED) is 0.418. The predicted molar refractivity (Wildman–Crippen MR) is 146 cm³/mol. The number of likely N-dealkylation sites (tertiary alicyclic amines) is 1. The molecule has 3 aliphatic rings. The van der Waals surface area contributed by atoms with E-state index in [1.54, 1.807) is 21.3 Å². The molecule has 3 unspecified atom stereocenters. The van der Waals surface area contributed by atoms with Crippen molar-refractivity contribution in [3.63, 3.8) is 0 Å². The Kier molecular flexibility index (Phi) is 7.66. The van der Waals surface area contributed by atoms with E-state index in [-0.39, 0.29) is 11.8 Å². The van der Waals surface area contributed by atoms with E-state index in [1.807, 2.05) is 0 Å². The highest BCUT2D eigenvalue weighted by atomic mass is 16.7. The summed E-state index contributed by atoms with van der Waals surface area (Å²) in [5, 5.41) is 0. The first-order valence-electron chi connectivity index (χ1n) is 13.5. The number of aryl methyl sites for hydroxylation is 1. The molecule has 2 aliphatic carbocycles. The van der Waals surface area contributed by atoms with Crippen molar-refractivity contribution < 1.29 is 14.2 Å². The van der Waals surface area contributed by atoms with Crippen LogP contribution in [0.3, 0.4) is 0 Å². The van der Waals surface area contributed by atoms with Crippen molar-refractivity contribution in [1.29, 1.82) is 0 Å². The molecule has 1 saturated heterocycles. The minimum Gasteiger partial charge on any atom is -0.497 e. The molecule has 0 spiro atoms. The van der Waals surface area contributed by atoms with Crippen molar-refractivity contribution >= 4 is 0 Å². The van der Waals surface area contributed by atoms with Crippen LogP contribution in [-0.4, -0.2) is 51.1 Å². The third-order valence-corrected chi connectivity index (χ3v) is 8.90. The van der Waals surface area contributed by atoms with Crippen LogP contribution < -0.4 is 4.74 Å². The van der Waals surface area contributed by atoms with Gasteiger partial charge in [-0.25, -0.2) is 0 Å². The van der Waals surface area contributed by atoms with Crippen LogP contribution in [0.1, 0.15) is 61.1 Å². The first kappa shape index (κ1) is 25.3. The summed E-state index contributed by atoms with van der Waals surface area (Å²) in [6.45, 7) is 4.56. The van der Waals surface area contributed by atoms with Gasteiger partial charge in [-0.1, -0.05) is 54.6 Å². The van der Waals surface area contributed by atoms with Gasteiger partial charge in [0.2, 0.25) is 0 Å². The molecule has 2 aromatic carbocycles. The fourth-order valence-corrected chi connectivity index (χ4v) is 6.76. The highest BCUT2D eigenvalue weighted by molar-refractivity contribution is 5.50. The zero-order valence-corrected chi connectivity index (χ0v) is 22.3. The largest absolute Gasteiger partial charge is 0.497 e. The monoisotopic (exact) mass is 487 g/mol. The first-order chi connectivity index (χ1) is 17.6. The Balaban J connectivity index is 1.38. The van der Waals surface area contributed by atoms with Crippen molar-refractivity contribution in [2.24, 2.45) is 5.92 Å². The fourth-order valence-electron chi connectivity index (χ4n) is 6.76. The Morgan fingerprint density at radius 2 is 1.69 bits per heavy atom. The number of rotatable bonds is 7. The van der Waals surface area contributed by atoms with Gasteiger partial charge < -0.3 is 14.2 Å². The molecule has 5 rings (SSSR count). The van der Waals surface area contributed by atoms with Gasteiger partial charge in [0, 0.05) is 31.6 Å². The van der Waals surface area contributed by atoms with Crippen molar-refractivity contribution in [2.75, 3.05) is 34.4 Å². The molecule has 0 saturated carbocycles. The molecule has 36 heavy (non-hydrogen) atoms. The predicted octanol–water partition coefficient (Wildman–Crippen LogP) is 6.48. The van der Waals surface area contributed by atoms with Gasteiger partial charge in [0.1, 0.15) is 5.75 Å². The number of methoxy groups -OCH3 is 3. The zero-order valence-electron chi connectivity index (χ0n) is 22.3. The second-order valence-electron chi connectivity index (χ2n) is 10.9. The van der Waals surface area contributed by atoms with Crippen LogP contribution in [0.2, 0.25) is 0 Å². The Hall–Kier alpha value is -2.40. The van der Waals surface area contributed by atoms with Gasteiger partial charge in [0.15, 0.2) is 6.29 Å². The van der Waals surface area contributed by atoms with Gasteiger partial charge in [0.25, 0.3) is 0 Å². The summed E-state index contributed by atoms with van der Waals surface area (Å²) < 4.78 is 16.6. The van der Waals surface area contributed by atoms with Gasteiger partial charge in [-0.2, -0.15) is 0 Å². The lowest BCUT2D eigenvalue weighted by Gasteiger charge is -2.46. The molecule has 1 heterocycles. The van der Waals surface area contributed by atoms with Crippen LogP contribution in [0.25, 0.3) is 0 Å². The topological polar surface area (TPSA) is 30.9 Å². The molecular weight excluding hydrogens is 446 g/mol. The average Bonchev–Trinajstić information content (AvgIpc) is 2.94. The summed E-state index contributed by atoms with van der Waals surface area (Å²) >= 11 is 0. The lowest BCUT2D eigenvalue weighted by Crippen LogP contribution is -2.50. The zero-order chi connectivity index (χ0) is 25.1. The van der Waals surface area contributed by atoms with E-state index in [1.165, 1.54) is 22.3 Å². The van der Waals surface area contributed by atoms with Crippen LogP contribution >= 0.6 is 0 Å². The summed E-state index contributed by atoms with van der Waals surface area (Å²) in [5.41, 5.74) is 5.85. The molecule has 0 bridgehead atoms. The summed E-state index contributed by atoms with van der Waals surface area (Å²) in [5.74, 6) is 2.29. The number of benzene rings is 2. The Morgan fingerprint density at radius 1 is 0.944 bits per heavy atom. The standard InChI is InChI=1S/C32H41NO3/c1-32(33-20-16-25(17-21-33)31(35-3)36-4)18-14-24(15-19-32)30-28(23-8-6-5-7-9-23)12-10-26-22-27(34-2)11-13-29(26)30/h5-9,11,13-15,18,22,25,28,30-31H,10,12,16-17,19-21H2,1-4H3. The molecule has 4 heteroatoms. The molecule has 192 valence electrons. The number of ether oxygens (including phenoxy) is 3. The maximum absolute atomic E-state index is 5.55. The summed E-state index contributed by atoms with van der Waals surface area (Å²) in [6, 6.07) is 17.8. The maximum atomic E-state index is 5.55. The van der Waals surface area contributed by atoms with Crippen LogP contribution in [0.4, 0.5) is 0 Å². The van der Waals surface area contributed by atoms with E-state index in [0.29, 0.717) is 17.8 Å². The number of hydrogen-bond donors (Lipinski definition) is 0. The molecule has 0 radical (unpaired) electrons. The number of piperidine rings is 1. The Morgan fingerprint density at radius 3 is 2.33 bits per heavy atom. The SMILES string of the molecule is COc1ccc2c(c1)CCC(c1ccccc1)C2C1=CCC(C)(N2CCC(C(OC)OC)CC2)C=C1. The summed E-state index contributed by atoms with van der Waals surface area (Å²) in [7, 11) is 5.26. The van der Waals surface area contributed by atoms with E-state index in [2.05, 4.69) is 78.6 Å². The highest BCUT2D eigenvalue weighted by Gasteiger charge is 2.38. The second kappa shape index (κ2) is 10.9. The molecule has 3 atom stereocenters. The third kappa shape index (κ3) is 4.91. The van der Waals surface area contributed by atoms with Crippen LogP contribution in [0.15, 0.2) is 72.3 Å². The van der Waals surface area contributed by atoms with Crippen molar-refractivity contribution in [1.82, 2.24) is 4.90 Å². The molecular formula is C32H41NO3. The molecule has 4 nitrogen and oxygen atoms in total. The normalized spacial score (nSPS) is 27.1. The van der Waals surface area contributed by atoms with Crippen molar-refractivity contribution in [3.05, 3.63) is 89.0 Å². The molecule has 0 amide bonds. The van der Waals surface area contributed by atoms with Gasteiger partial charge in [-0.15, -0.1) is 0 Å². The second-order valence-corrected chi connectivity index (χ2v) is 10.9. The highest BCUT2D eigenvalue weighted by Crippen LogP contribution is 2.49. The van der Waals surface area contributed by atoms with E-state index in [0.717, 1.165) is 50.9 Å². The Labute approximate surface area is 216 Å². The molecule has 1 aliphatic heterocycles. The third-order valence-electron chi connectivity index (χ3n) is 8.90. The van der Waals surface area contributed by atoms with Crippen LogP contribution in [-0.2, 0) is 15.9 Å². The number of hydrogen-bond acceptors (Lipinski definition) is 4. The lowest BCUT2D eigenvalue weighted by atomic mass is 9.67. The Bertz CT molecular complexity index is 1080. The lowest BCUT2D eigenvalue weighted by molar-refractivity contribution is -0.149. The van der Waals surface area contributed by atoms with Gasteiger partial charge >= 0.3 is 0 Å². The summed E-state index contributed by atoms with van der Waals surface area (Å²) in [6.07, 6.45) is 12.9. The maximum Gasteiger partial charge on any atom is 0.159 e. The smallest absolute Gasteiger partial charge is 0.159 e. The molecule has 1 fully saturated rings. The van der Waals surface area contributed by atoms with Crippen LogP contribution in [0, 0.1) is 5.92 Å². The molecule has 2 aromatic rings. The number of nitrogens with zero attached hydrogens (tertiary/aromatic N) is 1.